The third kappa shape index (κ3) is 4.59. The molecule has 0 unspecified atom stereocenters. The van der Waals surface area contributed by atoms with E-state index in [9.17, 15) is 15.0 Å². The Hall–Kier alpha value is -3.42. The maximum Gasteiger partial charge on any atom is 0.258 e. The number of carbonyl (C=O) groups is 1. The Labute approximate surface area is 175 Å². The molecular weight excluding hydrogens is 382 g/mol. The number of nitrogens with zero attached hydrogens (tertiary/aromatic N) is 4. The number of amides is 1. The molecule has 3 N–H and O–H groups in total. The van der Waals surface area contributed by atoms with Crippen LogP contribution in [0.15, 0.2) is 30.3 Å². The zero-order valence-electron chi connectivity index (χ0n) is 17.5. The van der Waals surface area contributed by atoms with Crippen LogP contribution in [0.25, 0.3) is 11.1 Å². The number of aromatic hydroxyl groups is 2. The summed E-state index contributed by atoms with van der Waals surface area (Å²) < 4.78 is 0. The molecule has 3 aromatic rings. The number of aromatic amines is 1. The molecule has 0 aliphatic heterocycles. The summed E-state index contributed by atoms with van der Waals surface area (Å²) in [4.78, 5) is 14.8. The predicted molar refractivity (Wildman–Crippen MR) is 113 cm³/mol. The Morgan fingerprint density at radius 2 is 2.00 bits per heavy atom. The zero-order chi connectivity index (χ0) is 21.7. The fourth-order valence-corrected chi connectivity index (χ4v) is 3.53. The molecule has 1 amide bonds. The van der Waals surface area contributed by atoms with Crippen molar-refractivity contribution in [3.8, 4) is 22.6 Å². The maximum atomic E-state index is 13.3. The highest BCUT2D eigenvalue weighted by Gasteiger charge is 2.26. The Kier molecular flexibility index (Phi) is 6.66. The number of hydrogen-bond acceptors (Lipinski definition) is 6. The highest BCUT2D eigenvalue weighted by atomic mass is 16.3. The maximum absolute atomic E-state index is 13.3. The lowest BCUT2D eigenvalue weighted by molar-refractivity contribution is 0.0777. The van der Waals surface area contributed by atoms with Crippen LogP contribution < -0.4 is 0 Å². The number of hydrogen-bond donors (Lipinski definition) is 3. The summed E-state index contributed by atoms with van der Waals surface area (Å²) in [6, 6.07) is 9.05. The number of benzene rings is 2. The van der Waals surface area contributed by atoms with E-state index in [1.165, 1.54) is 4.90 Å². The molecule has 0 aliphatic rings. The Morgan fingerprint density at radius 3 is 2.67 bits per heavy atom. The molecule has 3 rings (SSSR count). The summed E-state index contributed by atoms with van der Waals surface area (Å²) in [5.74, 6) is -0.164. The van der Waals surface area contributed by atoms with E-state index in [1.54, 1.807) is 19.2 Å². The average Bonchev–Trinajstić information content (AvgIpc) is 3.21. The summed E-state index contributed by atoms with van der Waals surface area (Å²) in [6.07, 6.45) is 3.46. The monoisotopic (exact) mass is 409 g/mol. The van der Waals surface area contributed by atoms with Gasteiger partial charge in [-0.25, -0.2) is 5.10 Å². The Bertz CT molecular complexity index is 1020. The van der Waals surface area contributed by atoms with Crippen LogP contribution >= 0.6 is 0 Å². The van der Waals surface area contributed by atoms with Crippen molar-refractivity contribution in [2.45, 2.75) is 46.1 Å². The van der Waals surface area contributed by atoms with Crippen LogP contribution in [0.4, 0.5) is 0 Å². The molecule has 0 spiro atoms. The third-order valence-electron chi connectivity index (χ3n) is 5.05. The molecular formula is C22H27N5O3. The van der Waals surface area contributed by atoms with Crippen LogP contribution in [0.2, 0.25) is 0 Å². The summed E-state index contributed by atoms with van der Waals surface area (Å²) in [5.41, 5.74) is 2.73. The fourth-order valence-electron chi connectivity index (χ4n) is 3.53. The average molecular weight is 409 g/mol. The molecule has 0 atom stereocenters. The van der Waals surface area contributed by atoms with Gasteiger partial charge >= 0.3 is 0 Å². The van der Waals surface area contributed by atoms with E-state index in [1.807, 2.05) is 25.1 Å². The third-order valence-corrected chi connectivity index (χ3v) is 5.05. The van der Waals surface area contributed by atoms with Crippen LogP contribution in [-0.2, 0) is 13.0 Å². The molecule has 0 saturated carbocycles. The molecule has 0 saturated heterocycles. The van der Waals surface area contributed by atoms with Gasteiger partial charge < -0.3 is 15.1 Å². The molecule has 0 bridgehead atoms. The first kappa shape index (κ1) is 21.3. The van der Waals surface area contributed by atoms with Gasteiger partial charge in [-0.3, -0.25) is 4.79 Å². The second kappa shape index (κ2) is 9.39. The lowest BCUT2D eigenvalue weighted by Crippen LogP contribution is -2.28. The van der Waals surface area contributed by atoms with E-state index in [2.05, 4.69) is 27.5 Å². The number of phenolic OH excluding ortho intramolecular Hbond substituents is 2. The fraction of sp³-hybridized carbons (Fsp3) is 0.364. The molecule has 158 valence electrons. The number of aromatic nitrogens is 4. The van der Waals surface area contributed by atoms with Crippen molar-refractivity contribution >= 4 is 5.91 Å². The van der Waals surface area contributed by atoms with Crippen LogP contribution in [-0.4, -0.2) is 48.7 Å². The van der Waals surface area contributed by atoms with E-state index >= 15 is 0 Å². The number of H-pyrrole nitrogens is 1. The smallest absolute Gasteiger partial charge is 0.258 e. The van der Waals surface area contributed by atoms with Gasteiger partial charge in [-0.05, 0) is 47.4 Å². The van der Waals surface area contributed by atoms with Gasteiger partial charge in [0, 0.05) is 7.05 Å². The van der Waals surface area contributed by atoms with Crippen LogP contribution in [0.3, 0.4) is 0 Å². The van der Waals surface area contributed by atoms with E-state index < -0.39 is 0 Å². The molecule has 8 nitrogen and oxygen atoms in total. The van der Waals surface area contributed by atoms with E-state index in [-0.39, 0.29) is 35.1 Å². The largest absolute Gasteiger partial charge is 0.507 e. The Morgan fingerprint density at radius 1 is 1.20 bits per heavy atom. The van der Waals surface area contributed by atoms with Crippen molar-refractivity contribution in [1.82, 2.24) is 25.5 Å². The molecule has 30 heavy (non-hydrogen) atoms. The van der Waals surface area contributed by atoms with Crippen molar-refractivity contribution in [3.05, 3.63) is 52.8 Å². The van der Waals surface area contributed by atoms with Gasteiger partial charge in [-0.2, -0.15) is 0 Å². The standard InChI is InChI=1S/C22H27N5O3/c1-4-5-6-9-16-12-17(28)19(15-10-7-8-14(2)11-15)21(29)20(16)22(30)27(3)13-18-23-25-26-24-18/h7-8,10-12,28-29H,4-6,9,13H2,1-3H3,(H,23,24,25,26). The zero-order valence-corrected chi connectivity index (χ0v) is 17.5. The molecule has 1 aromatic heterocycles. The quantitative estimate of drug-likeness (QED) is 0.490. The Balaban J connectivity index is 2.06. The predicted octanol–water partition coefficient (Wildman–Crippen LogP) is 3.59. The molecule has 8 heteroatoms. The van der Waals surface area contributed by atoms with E-state index in [4.69, 9.17) is 0 Å². The van der Waals surface area contributed by atoms with E-state index in [0.717, 1.165) is 24.8 Å². The number of rotatable bonds is 8. The lowest BCUT2D eigenvalue weighted by atomic mass is 9.92. The molecule has 0 radical (unpaired) electrons. The van der Waals surface area contributed by atoms with Crippen molar-refractivity contribution in [2.24, 2.45) is 0 Å². The topological polar surface area (TPSA) is 115 Å². The van der Waals surface area contributed by atoms with Gasteiger partial charge in [0.25, 0.3) is 5.91 Å². The van der Waals surface area contributed by atoms with Crippen LogP contribution in [0.1, 0.15) is 53.5 Å². The summed E-state index contributed by atoms with van der Waals surface area (Å²) in [7, 11) is 1.62. The van der Waals surface area contributed by atoms with Gasteiger partial charge in [-0.15, -0.1) is 5.10 Å². The van der Waals surface area contributed by atoms with Crippen molar-refractivity contribution in [2.75, 3.05) is 7.05 Å². The number of carbonyl (C=O) groups excluding carboxylic acids is 1. The van der Waals surface area contributed by atoms with Gasteiger partial charge in [-0.1, -0.05) is 49.6 Å². The molecule has 0 fully saturated rings. The normalized spacial score (nSPS) is 10.9. The first-order chi connectivity index (χ1) is 14.4. The van der Waals surface area contributed by atoms with E-state index in [0.29, 0.717) is 23.4 Å². The number of phenols is 2. The molecule has 2 aromatic carbocycles. The van der Waals surface area contributed by atoms with Crippen LogP contribution in [0, 0.1) is 6.92 Å². The second-order valence-corrected chi connectivity index (χ2v) is 7.49. The van der Waals surface area contributed by atoms with Crippen molar-refractivity contribution in [3.63, 3.8) is 0 Å². The number of nitrogens with one attached hydrogen (secondary N) is 1. The van der Waals surface area contributed by atoms with Crippen molar-refractivity contribution in [1.29, 1.82) is 0 Å². The van der Waals surface area contributed by atoms with Gasteiger partial charge in [0.2, 0.25) is 0 Å². The minimum absolute atomic E-state index is 0.0387. The van der Waals surface area contributed by atoms with Gasteiger partial charge in [0.1, 0.15) is 11.5 Å². The lowest BCUT2D eigenvalue weighted by Gasteiger charge is -2.21. The highest BCUT2D eigenvalue weighted by Crippen LogP contribution is 2.42. The molecule has 0 aliphatic carbocycles. The van der Waals surface area contributed by atoms with Crippen molar-refractivity contribution < 1.29 is 15.0 Å². The van der Waals surface area contributed by atoms with Crippen LogP contribution in [0.5, 0.6) is 11.5 Å². The number of unbranched alkanes of at least 4 members (excludes halogenated alkanes) is 2. The second-order valence-electron chi connectivity index (χ2n) is 7.49. The van der Waals surface area contributed by atoms with Gasteiger partial charge in [0.15, 0.2) is 5.82 Å². The summed E-state index contributed by atoms with van der Waals surface area (Å²) in [5, 5.41) is 35.3. The highest BCUT2D eigenvalue weighted by molar-refractivity contribution is 6.01. The number of tetrazole rings is 1. The first-order valence-electron chi connectivity index (χ1n) is 10.0. The number of aryl methyl sites for hydroxylation is 2. The minimum Gasteiger partial charge on any atom is -0.507 e. The summed E-state index contributed by atoms with van der Waals surface area (Å²) in [6.45, 7) is 4.20. The minimum atomic E-state index is -0.357. The first-order valence-corrected chi connectivity index (χ1v) is 10.0. The van der Waals surface area contributed by atoms with Gasteiger partial charge in [0.05, 0.1) is 17.7 Å². The molecule has 1 heterocycles. The summed E-state index contributed by atoms with van der Waals surface area (Å²) >= 11 is 0. The SMILES string of the molecule is CCCCCc1cc(O)c(-c2cccc(C)c2)c(O)c1C(=O)N(C)Cc1nnn[nH]1.